The molecule has 2 aromatic heterocycles. The number of benzene rings is 1. The molecule has 4 N–H and O–H groups in total. The summed E-state index contributed by atoms with van der Waals surface area (Å²) in [6.07, 6.45) is 0.756. The fourth-order valence-corrected chi connectivity index (χ4v) is 5.59. The molecule has 2 aliphatic rings. The third kappa shape index (κ3) is 5.36. The number of halogens is 3. The Balaban J connectivity index is 1.30. The average molecular weight is 560 g/mol. The van der Waals surface area contributed by atoms with Crippen molar-refractivity contribution < 1.29 is 27.5 Å². The van der Waals surface area contributed by atoms with Crippen LogP contribution in [0.1, 0.15) is 67.6 Å². The van der Waals surface area contributed by atoms with Crippen LogP contribution in [0.5, 0.6) is 0 Å². The van der Waals surface area contributed by atoms with E-state index in [0.717, 1.165) is 31.4 Å². The molecule has 0 atom stereocenters. The van der Waals surface area contributed by atoms with Gasteiger partial charge in [-0.05, 0) is 63.1 Å². The van der Waals surface area contributed by atoms with Crippen LogP contribution in [0, 0.1) is 5.41 Å². The highest BCUT2D eigenvalue weighted by atomic mass is 19.4. The zero-order valence-corrected chi connectivity index (χ0v) is 22.5. The molecule has 5 rings (SSSR count). The van der Waals surface area contributed by atoms with Gasteiger partial charge in [-0.2, -0.15) is 23.4 Å². The molecular formula is C27H32F3N7O3. The Morgan fingerprint density at radius 2 is 1.82 bits per heavy atom. The van der Waals surface area contributed by atoms with Crippen LogP contribution in [0.3, 0.4) is 0 Å². The van der Waals surface area contributed by atoms with Gasteiger partial charge in [0.05, 0.1) is 24.3 Å². The topological polar surface area (TPSA) is 134 Å². The van der Waals surface area contributed by atoms with E-state index in [4.69, 9.17) is 16.2 Å². The highest BCUT2D eigenvalue weighted by Gasteiger charge is 2.51. The highest BCUT2D eigenvalue weighted by Crippen LogP contribution is 2.55. The second-order valence-corrected chi connectivity index (χ2v) is 11.8. The Bertz CT molecular complexity index is 1430. The van der Waals surface area contributed by atoms with Crippen molar-refractivity contribution in [1.29, 1.82) is 0 Å². The summed E-state index contributed by atoms with van der Waals surface area (Å²) >= 11 is 0. The van der Waals surface area contributed by atoms with Gasteiger partial charge in [0.15, 0.2) is 0 Å². The van der Waals surface area contributed by atoms with E-state index in [2.05, 4.69) is 10.2 Å². The monoisotopic (exact) mass is 559 g/mol. The second-order valence-electron chi connectivity index (χ2n) is 11.8. The lowest BCUT2D eigenvalue weighted by molar-refractivity contribution is -0.137. The first-order valence-electron chi connectivity index (χ1n) is 13.0. The number of primary amides is 1. The molecule has 0 radical (unpaired) electrons. The van der Waals surface area contributed by atoms with E-state index in [1.165, 1.54) is 18.3 Å². The first-order chi connectivity index (χ1) is 18.6. The van der Waals surface area contributed by atoms with Crippen LogP contribution in [-0.4, -0.2) is 55.2 Å². The van der Waals surface area contributed by atoms with Gasteiger partial charge in [-0.25, -0.2) is 9.48 Å². The van der Waals surface area contributed by atoms with E-state index in [-0.39, 0.29) is 35.5 Å². The highest BCUT2D eigenvalue weighted by molar-refractivity contribution is 6.03. The van der Waals surface area contributed by atoms with Crippen LogP contribution in [0.15, 0.2) is 36.7 Å². The maximum Gasteiger partial charge on any atom is 0.416 e. The number of amides is 2. The zero-order chi connectivity index (χ0) is 29.0. The van der Waals surface area contributed by atoms with Crippen molar-refractivity contribution in [3.63, 3.8) is 0 Å². The van der Waals surface area contributed by atoms with Gasteiger partial charge in [0.25, 0.3) is 5.91 Å². The summed E-state index contributed by atoms with van der Waals surface area (Å²) in [6, 6.07) is 4.77. The molecule has 3 heterocycles. The van der Waals surface area contributed by atoms with E-state index in [0.29, 0.717) is 29.9 Å². The first kappa shape index (κ1) is 27.5. The number of nitrogen functional groups attached to an aromatic ring is 1. The number of carbonyl (C=O) groups is 2. The van der Waals surface area contributed by atoms with Crippen LogP contribution in [0.2, 0.25) is 0 Å². The molecule has 13 heteroatoms. The first-order valence-corrected chi connectivity index (χ1v) is 13.0. The second kappa shape index (κ2) is 9.56. The zero-order valence-electron chi connectivity index (χ0n) is 22.5. The lowest BCUT2D eigenvalue weighted by Crippen LogP contribution is -2.43. The third-order valence-corrected chi connectivity index (χ3v) is 7.50. The number of ether oxygens (including phenoxy) is 1. The number of hydrogen-bond acceptors (Lipinski definition) is 6. The minimum Gasteiger partial charge on any atom is -0.444 e. The van der Waals surface area contributed by atoms with Crippen LogP contribution < -0.4 is 11.5 Å². The van der Waals surface area contributed by atoms with Crippen LogP contribution in [-0.2, 0) is 17.5 Å². The van der Waals surface area contributed by atoms with Crippen molar-refractivity contribution in [2.24, 2.45) is 11.1 Å². The largest absolute Gasteiger partial charge is 0.444 e. The summed E-state index contributed by atoms with van der Waals surface area (Å²) in [5, 5.41) is 8.93. The van der Waals surface area contributed by atoms with Crippen LogP contribution in [0.25, 0.3) is 11.3 Å². The van der Waals surface area contributed by atoms with Crippen molar-refractivity contribution in [3.05, 3.63) is 53.3 Å². The molecule has 1 aliphatic carbocycles. The summed E-state index contributed by atoms with van der Waals surface area (Å²) in [4.78, 5) is 26.6. The van der Waals surface area contributed by atoms with Gasteiger partial charge < -0.3 is 21.1 Å². The van der Waals surface area contributed by atoms with Gasteiger partial charge in [-0.15, -0.1) is 0 Å². The molecule has 1 aromatic carbocycles. The molecule has 10 nitrogen and oxygen atoms in total. The van der Waals surface area contributed by atoms with Gasteiger partial charge in [-0.1, -0.05) is 12.1 Å². The molecule has 3 aromatic rings. The number of carbonyl (C=O) groups excluding carboxylic acids is 2. The molecular weight excluding hydrogens is 527 g/mol. The number of likely N-dealkylation sites (tertiary alicyclic amines) is 1. The molecule has 1 saturated carbocycles. The number of anilines is 1. The van der Waals surface area contributed by atoms with E-state index < -0.39 is 23.2 Å². The smallest absolute Gasteiger partial charge is 0.416 e. The van der Waals surface area contributed by atoms with Crippen LogP contribution >= 0.6 is 0 Å². The predicted octanol–water partition coefficient (Wildman–Crippen LogP) is 4.46. The SMILES string of the molecule is CC(C)(C)OC(=O)N1CC[C@]2(C1)C[C@H](n1nc(-c3cnn(Cc4ccc(C(F)(F)F)cc4)c3)c(C(N)=O)c1N)C2. The van der Waals surface area contributed by atoms with Gasteiger partial charge in [0.1, 0.15) is 22.7 Å². The number of rotatable bonds is 5. The quantitative estimate of drug-likeness (QED) is 0.474. The van der Waals surface area contributed by atoms with Crippen LogP contribution in [0.4, 0.5) is 23.8 Å². The van der Waals surface area contributed by atoms with Crippen molar-refractivity contribution in [1.82, 2.24) is 24.5 Å². The van der Waals surface area contributed by atoms with Gasteiger partial charge in [0, 0.05) is 24.8 Å². The Labute approximate surface area is 229 Å². The third-order valence-electron chi connectivity index (χ3n) is 7.50. The molecule has 1 saturated heterocycles. The molecule has 1 aliphatic heterocycles. The molecule has 0 unspecified atom stereocenters. The summed E-state index contributed by atoms with van der Waals surface area (Å²) in [6.45, 7) is 6.94. The van der Waals surface area contributed by atoms with Crippen molar-refractivity contribution in [2.75, 3.05) is 18.8 Å². The number of hydrogen-bond donors (Lipinski definition) is 2. The summed E-state index contributed by atoms with van der Waals surface area (Å²) in [7, 11) is 0. The maximum atomic E-state index is 12.9. The summed E-state index contributed by atoms with van der Waals surface area (Å²) in [5.41, 5.74) is 12.2. The standard InChI is InChI=1S/C27H32F3N7O3/c1-25(2,3)40-24(39)35-9-8-26(15-35)10-19(11-26)37-22(31)20(23(32)38)21(34-37)17-12-33-36(14-17)13-16-4-6-18(7-5-16)27(28,29)30/h4-7,12,14,19H,8-11,13,15,31H2,1-3H3,(H2,32,38)/t19-,26-. The van der Waals surface area contributed by atoms with Gasteiger partial charge in [0.2, 0.25) is 0 Å². The van der Waals surface area contributed by atoms with E-state index in [1.807, 2.05) is 20.8 Å². The minimum atomic E-state index is -4.41. The van der Waals surface area contributed by atoms with E-state index in [9.17, 15) is 22.8 Å². The average Bonchev–Trinajstić information content (AvgIpc) is 3.54. The molecule has 0 bridgehead atoms. The summed E-state index contributed by atoms with van der Waals surface area (Å²) < 4.78 is 47.2. The molecule has 40 heavy (non-hydrogen) atoms. The number of alkyl halides is 3. The van der Waals surface area contributed by atoms with E-state index >= 15 is 0 Å². The minimum absolute atomic E-state index is 0.0560. The fourth-order valence-electron chi connectivity index (χ4n) is 5.59. The Hall–Kier alpha value is -4.03. The maximum absolute atomic E-state index is 12.9. The molecule has 214 valence electrons. The van der Waals surface area contributed by atoms with Crippen molar-refractivity contribution in [2.45, 2.75) is 64.4 Å². The molecule has 2 fully saturated rings. The molecule has 1 spiro atoms. The van der Waals surface area contributed by atoms with Crippen molar-refractivity contribution >= 4 is 17.8 Å². The number of aromatic nitrogens is 4. The normalized spacial score (nSPS) is 21.1. The number of nitrogens with zero attached hydrogens (tertiary/aromatic N) is 5. The lowest BCUT2D eigenvalue weighted by atomic mass is 9.65. The lowest BCUT2D eigenvalue weighted by Gasteiger charge is -2.45. The fraction of sp³-hybridized carbons (Fsp3) is 0.481. The Morgan fingerprint density at radius 3 is 2.42 bits per heavy atom. The summed E-state index contributed by atoms with van der Waals surface area (Å²) in [5.74, 6) is -0.555. The number of nitrogens with two attached hydrogens (primary N) is 2. The predicted molar refractivity (Wildman–Crippen MR) is 140 cm³/mol. The molecule has 2 amide bonds. The Morgan fingerprint density at radius 1 is 1.15 bits per heavy atom. The van der Waals surface area contributed by atoms with E-state index in [1.54, 1.807) is 20.5 Å². The van der Waals surface area contributed by atoms with Crippen molar-refractivity contribution in [3.8, 4) is 11.3 Å². The van der Waals surface area contributed by atoms with Gasteiger partial charge >= 0.3 is 12.3 Å². The van der Waals surface area contributed by atoms with Gasteiger partial charge in [-0.3, -0.25) is 9.48 Å². The Kier molecular flexibility index (Phi) is 6.58.